The molecule has 0 fully saturated rings. The van der Waals surface area contributed by atoms with Crippen LogP contribution in [-0.2, 0) is 14.6 Å². The van der Waals surface area contributed by atoms with Crippen molar-refractivity contribution in [1.29, 1.82) is 0 Å². The minimum Gasteiger partial charge on any atom is -0.325 e. The molecule has 0 spiro atoms. The number of carbonyl (C=O) groups is 1. The molecule has 0 atom stereocenters. The van der Waals surface area contributed by atoms with E-state index in [1.807, 2.05) is 19.1 Å². The van der Waals surface area contributed by atoms with Crippen LogP contribution < -0.4 is 5.32 Å². The Kier molecular flexibility index (Phi) is 4.37. The van der Waals surface area contributed by atoms with Gasteiger partial charge in [-0.25, -0.2) is 12.8 Å². The van der Waals surface area contributed by atoms with E-state index < -0.39 is 27.3 Å². The number of amides is 1. The van der Waals surface area contributed by atoms with Gasteiger partial charge in [-0.15, -0.1) is 0 Å². The second-order valence-corrected chi connectivity index (χ2v) is 6.57. The predicted octanol–water partition coefficient (Wildman–Crippen LogP) is 2.55. The molecule has 4 nitrogen and oxygen atoms in total. The lowest BCUT2D eigenvalue weighted by molar-refractivity contribution is -0.113. The predicted molar refractivity (Wildman–Crippen MR) is 78.3 cm³/mol. The first-order valence-corrected chi connectivity index (χ1v) is 7.87. The van der Waals surface area contributed by atoms with Gasteiger partial charge in [-0.1, -0.05) is 18.2 Å². The van der Waals surface area contributed by atoms with E-state index in [1.165, 1.54) is 0 Å². The number of hydrogen-bond acceptors (Lipinski definition) is 3. The van der Waals surface area contributed by atoms with E-state index in [0.717, 1.165) is 29.8 Å². The Morgan fingerprint density at radius 1 is 1.10 bits per heavy atom. The second-order valence-electron chi connectivity index (χ2n) is 4.58. The number of rotatable bonds is 4. The molecule has 0 saturated carbocycles. The third-order valence-electron chi connectivity index (χ3n) is 2.91. The summed E-state index contributed by atoms with van der Waals surface area (Å²) in [7, 11) is -3.79. The largest absolute Gasteiger partial charge is 0.325 e. The van der Waals surface area contributed by atoms with Crippen LogP contribution in [-0.4, -0.2) is 20.1 Å². The van der Waals surface area contributed by atoms with Crippen LogP contribution in [0.5, 0.6) is 0 Å². The summed E-state index contributed by atoms with van der Waals surface area (Å²) in [6.45, 7) is 1.81. The third-order valence-corrected chi connectivity index (χ3v) is 4.55. The fraction of sp³-hybridized carbons (Fsp3) is 0.133. The minimum absolute atomic E-state index is 0.0798. The number of anilines is 1. The zero-order valence-corrected chi connectivity index (χ0v) is 12.2. The molecular formula is C15H14FNO3S. The molecule has 1 N–H and O–H groups in total. The molecule has 0 aromatic heterocycles. The summed E-state index contributed by atoms with van der Waals surface area (Å²) >= 11 is 0. The maximum atomic E-state index is 12.8. The molecule has 0 aliphatic carbocycles. The normalized spacial score (nSPS) is 11.1. The SMILES string of the molecule is Cc1ccccc1NC(=O)CS(=O)(=O)c1ccc(F)cc1. The number of aryl methyl sites for hydroxylation is 1. The molecule has 2 rings (SSSR count). The van der Waals surface area contributed by atoms with Gasteiger partial charge in [0.25, 0.3) is 0 Å². The summed E-state index contributed by atoms with van der Waals surface area (Å²) in [5.41, 5.74) is 1.40. The van der Waals surface area contributed by atoms with Crippen molar-refractivity contribution in [2.24, 2.45) is 0 Å². The Labute approximate surface area is 122 Å². The molecule has 2 aromatic rings. The second kappa shape index (κ2) is 6.05. The molecule has 1 amide bonds. The summed E-state index contributed by atoms with van der Waals surface area (Å²) in [6.07, 6.45) is 0. The summed E-state index contributed by atoms with van der Waals surface area (Å²) in [5.74, 6) is -1.85. The molecule has 0 heterocycles. The highest BCUT2D eigenvalue weighted by molar-refractivity contribution is 7.92. The van der Waals surface area contributed by atoms with Crippen molar-refractivity contribution >= 4 is 21.4 Å². The van der Waals surface area contributed by atoms with Gasteiger partial charge in [0.1, 0.15) is 11.6 Å². The molecule has 0 aliphatic rings. The molecule has 21 heavy (non-hydrogen) atoms. The van der Waals surface area contributed by atoms with Crippen LogP contribution in [0.1, 0.15) is 5.56 Å². The highest BCUT2D eigenvalue weighted by Crippen LogP contribution is 2.15. The summed E-state index contributed by atoms with van der Waals surface area (Å²) < 4.78 is 36.9. The molecule has 0 aliphatic heterocycles. The van der Waals surface area contributed by atoms with Gasteiger partial charge in [-0.05, 0) is 42.8 Å². The van der Waals surface area contributed by atoms with Crippen molar-refractivity contribution in [1.82, 2.24) is 0 Å². The fourth-order valence-electron chi connectivity index (χ4n) is 1.80. The van der Waals surface area contributed by atoms with E-state index in [0.29, 0.717) is 5.69 Å². The van der Waals surface area contributed by atoms with Gasteiger partial charge >= 0.3 is 0 Å². The van der Waals surface area contributed by atoms with Crippen molar-refractivity contribution in [2.45, 2.75) is 11.8 Å². The number of hydrogen-bond donors (Lipinski definition) is 1. The quantitative estimate of drug-likeness (QED) is 0.883. The minimum atomic E-state index is -3.79. The Morgan fingerprint density at radius 3 is 2.33 bits per heavy atom. The summed E-state index contributed by atoms with van der Waals surface area (Å²) in [5, 5.41) is 2.56. The molecule has 0 saturated heterocycles. The molecular weight excluding hydrogens is 293 g/mol. The van der Waals surface area contributed by atoms with Gasteiger partial charge in [0.2, 0.25) is 5.91 Å². The van der Waals surface area contributed by atoms with Crippen LogP contribution in [0.25, 0.3) is 0 Å². The standard InChI is InChI=1S/C15H14FNO3S/c1-11-4-2-3-5-14(11)17-15(18)10-21(19,20)13-8-6-12(16)7-9-13/h2-9H,10H2,1H3,(H,17,18). The van der Waals surface area contributed by atoms with E-state index >= 15 is 0 Å². The molecule has 0 bridgehead atoms. The van der Waals surface area contributed by atoms with Gasteiger partial charge < -0.3 is 5.32 Å². The first-order chi connectivity index (χ1) is 9.88. The lowest BCUT2D eigenvalue weighted by Gasteiger charge is -2.08. The number of nitrogens with one attached hydrogen (secondary N) is 1. The van der Waals surface area contributed by atoms with Crippen molar-refractivity contribution in [3.05, 3.63) is 59.9 Å². The number of sulfone groups is 1. The monoisotopic (exact) mass is 307 g/mol. The van der Waals surface area contributed by atoms with Crippen LogP contribution in [0.3, 0.4) is 0 Å². The van der Waals surface area contributed by atoms with Crippen molar-refractivity contribution in [3.8, 4) is 0 Å². The fourth-order valence-corrected chi connectivity index (χ4v) is 2.93. The van der Waals surface area contributed by atoms with Gasteiger partial charge in [0.15, 0.2) is 9.84 Å². The lowest BCUT2D eigenvalue weighted by atomic mass is 10.2. The zero-order chi connectivity index (χ0) is 15.5. The average molecular weight is 307 g/mol. The van der Waals surface area contributed by atoms with Crippen molar-refractivity contribution in [2.75, 3.05) is 11.1 Å². The summed E-state index contributed by atoms with van der Waals surface area (Å²) in [4.78, 5) is 11.8. The molecule has 2 aromatic carbocycles. The van der Waals surface area contributed by atoms with Gasteiger partial charge in [0, 0.05) is 5.69 Å². The number of halogens is 1. The maximum Gasteiger partial charge on any atom is 0.239 e. The Hall–Kier alpha value is -2.21. The van der Waals surface area contributed by atoms with E-state index in [9.17, 15) is 17.6 Å². The van der Waals surface area contributed by atoms with Gasteiger partial charge in [-0.3, -0.25) is 4.79 Å². The van der Waals surface area contributed by atoms with Crippen LogP contribution in [0.2, 0.25) is 0 Å². The highest BCUT2D eigenvalue weighted by Gasteiger charge is 2.19. The van der Waals surface area contributed by atoms with Crippen LogP contribution in [0, 0.1) is 12.7 Å². The Balaban J connectivity index is 2.12. The number of para-hydroxylation sites is 1. The van der Waals surface area contributed by atoms with E-state index in [-0.39, 0.29) is 4.90 Å². The van der Waals surface area contributed by atoms with Crippen LogP contribution >= 0.6 is 0 Å². The average Bonchev–Trinajstić information content (AvgIpc) is 2.41. The third kappa shape index (κ3) is 3.88. The zero-order valence-electron chi connectivity index (χ0n) is 11.3. The van der Waals surface area contributed by atoms with Crippen LogP contribution in [0.15, 0.2) is 53.4 Å². The summed E-state index contributed by atoms with van der Waals surface area (Å²) in [6, 6.07) is 11.5. The molecule has 0 radical (unpaired) electrons. The Bertz CT molecular complexity index is 755. The molecule has 110 valence electrons. The molecule has 0 unspecified atom stereocenters. The van der Waals surface area contributed by atoms with Gasteiger partial charge in [-0.2, -0.15) is 0 Å². The topological polar surface area (TPSA) is 63.2 Å². The van der Waals surface area contributed by atoms with Crippen molar-refractivity contribution in [3.63, 3.8) is 0 Å². The highest BCUT2D eigenvalue weighted by atomic mass is 32.2. The first-order valence-electron chi connectivity index (χ1n) is 6.22. The van der Waals surface area contributed by atoms with Crippen LogP contribution in [0.4, 0.5) is 10.1 Å². The van der Waals surface area contributed by atoms with Gasteiger partial charge in [0.05, 0.1) is 4.90 Å². The Morgan fingerprint density at radius 2 is 1.71 bits per heavy atom. The van der Waals surface area contributed by atoms with E-state index in [1.54, 1.807) is 12.1 Å². The maximum absolute atomic E-state index is 12.8. The molecule has 6 heteroatoms. The number of benzene rings is 2. The van der Waals surface area contributed by atoms with Crippen molar-refractivity contribution < 1.29 is 17.6 Å². The van der Waals surface area contributed by atoms with E-state index in [4.69, 9.17) is 0 Å². The first kappa shape index (κ1) is 15.2. The van der Waals surface area contributed by atoms with E-state index in [2.05, 4.69) is 5.32 Å². The lowest BCUT2D eigenvalue weighted by Crippen LogP contribution is -2.23. The smallest absolute Gasteiger partial charge is 0.239 e. The number of carbonyl (C=O) groups excluding carboxylic acids is 1.